The summed E-state index contributed by atoms with van der Waals surface area (Å²) in [5.74, 6) is -0.200. The molecule has 0 aliphatic rings. The normalized spacial score (nSPS) is 11.9. The van der Waals surface area contributed by atoms with Crippen molar-refractivity contribution in [2.24, 2.45) is 5.92 Å². The van der Waals surface area contributed by atoms with Gasteiger partial charge in [0.15, 0.2) is 0 Å². The van der Waals surface area contributed by atoms with Gasteiger partial charge in [-0.05, 0) is 11.6 Å². The SMILES string of the molecule is CC(C)C(=O)NCCNS(=O)(=O)/C=C/c1ccccc1. The standard InChI is InChI=1S/C14H20N2O3S/c1-12(2)14(17)15-9-10-16-20(18,19)11-8-13-6-4-3-5-7-13/h3-8,11-12,16H,9-10H2,1-2H3,(H,15,17)/b11-8+. The smallest absolute Gasteiger partial charge is 0.233 e. The van der Waals surface area contributed by atoms with Crippen LogP contribution in [0.1, 0.15) is 19.4 Å². The first kappa shape index (κ1) is 16.4. The summed E-state index contributed by atoms with van der Waals surface area (Å²) in [5, 5.41) is 3.76. The summed E-state index contributed by atoms with van der Waals surface area (Å²) in [6.45, 7) is 4.00. The molecule has 1 rings (SSSR count). The average molecular weight is 296 g/mol. The molecule has 0 spiro atoms. The average Bonchev–Trinajstić information content (AvgIpc) is 2.42. The first-order valence-electron chi connectivity index (χ1n) is 6.41. The second kappa shape index (κ2) is 7.81. The number of benzene rings is 1. The Hall–Kier alpha value is -1.66. The largest absolute Gasteiger partial charge is 0.355 e. The summed E-state index contributed by atoms with van der Waals surface area (Å²) in [6, 6.07) is 9.16. The lowest BCUT2D eigenvalue weighted by molar-refractivity contribution is -0.123. The Labute approximate surface area is 120 Å². The van der Waals surface area contributed by atoms with Gasteiger partial charge in [-0.3, -0.25) is 4.79 Å². The van der Waals surface area contributed by atoms with Crippen molar-refractivity contribution in [3.8, 4) is 0 Å². The van der Waals surface area contributed by atoms with E-state index in [4.69, 9.17) is 0 Å². The van der Waals surface area contributed by atoms with Gasteiger partial charge in [-0.25, -0.2) is 13.1 Å². The zero-order chi connectivity index (χ0) is 15.0. The minimum Gasteiger partial charge on any atom is -0.355 e. The number of rotatable bonds is 7. The Kier molecular flexibility index (Phi) is 6.41. The van der Waals surface area contributed by atoms with E-state index in [9.17, 15) is 13.2 Å². The topological polar surface area (TPSA) is 75.3 Å². The molecule has 0 bridgehead atoms. The Morgan fingerprint density at radius 2 is 1.85 bits per heavy atom. The van der Waals surface area contributed by atoms with Crippen molar-refractivity contribution in [3.05, 3.63) is 41.3 Å². The molecule has 0 aliphatic heterocycles. The van der Waals surface area contributed by atoms with Crippen molar-refractivity contribution in [1.29, 1.82) is 0 Å². The fraction of sp³-hybridized carbons (Fsp3) is 0.357. The maximum atomic E-state index is 11.7. The first-order chi connectivity index (χ1) is 9.41. The van der Waals surface area contributed by atoms with E-state index in [0.29, 0.717) is 0 Å². The van der Waals surface area contributed by atoms with Crippen molar-refractivity contribution in [2.45, 2.75) is 13.8 Å². The van der Waals surface area contributed by atoms with Crippen LogP contribution in [0, 0.1) is 5.92 Å². The molecular formula is C14H20N2O3S. The van der Waals surface area contributed by atoms with E-state index in [0.717, 1.165) is 11.0 Å². The Bertz CT molecular complexity index is 551. The minimum absolute atomic E-state index is 0.0935. The summed E-state index contributed by atoms with van der Waals surface area (Å²) in [4.78, 5) is 11.3. The van der Waals surface area contributed by atoms with Crippen LogP contribution < -0.4 is 10.0 Å². The van der Waals surface area contributed by atoms with Gasteiger partial charge in [-0.15, -0.1) is 0 Å². The number of hydrogen-bond acceptors (Lipinski definition) is 3. The monoisotopic (exact) mass is 296 g/mol. The van der Waals surface area contributed by atoms with Gasteiger partial charge in [-0.2, -0.15) is 0 Å². The van der Waals surface area contributed by atoms with Crippen molar-refractivity contribution in [2.75, 3.05) is 13.1 Å². The number of hydrogen-bond donors (Lipinski definition) is 2. The molecule has 1 aromatic carbocycles. The van der Waals surface area contributed by atoms with E-state index in [1.807, 2.05) is 30.3 Å². The predicted molar refractivity (Wildman–Crippen MR) is 80.2 cm³/mol. The number of carbonyl (C=O) groups is 1. The maximum absolute atomic E-state index is 11.7. The van der Waals surface area contributed by atoms with E-state index in [2.05, 4.69) is 10.0 Å². The fourth-order valence-corrected chi connectivity index (χ4v) is 2.18. The van der Waals surface area contributed by atoms with Crippen LogP contribution in [0.4, 0.5) is 0 Å². The molecule has 1 aromatic rings. The van der Waals surface area contributed by atoms with Crippen LogP contribution in [-0.4, -0.2) is 27.4 Å². The third-order valence-electron chi connectivity index (χ3n) is 2.49. The Balaban J connectivity index is 2.39. The highest BCUT2D eigenvalue weighted by atomic mass is 32.2. The first-order valence-corrected chi connectivity index (χ1v) is 7.96. The minimum atomic E-state index is -3.48. The molecule has 0 atom stereocenters. The summed E-state index contributed by atoms with van der Waals surface area (Å²) in [6.07, 6.45) is 1.52. The van der Waals surface area contributed by atoms with Gasteiger partial charge < -0.3 is 5.32 Å². The predicted octanol–water partition coefficient (Wildman–Crippen LogP) is 1.35. The molecule has 6 heteroatoms. The second-order valence-corrected chi connectivity index (χ2v) is 6.25. The van der Waals surface area contributed by atoms with E-state index in [1.165, 1.54) is 6.08 Å². The summed E-state index contributed by atoms with van der Waals surface area (Å²) < 4.78 is 25.7. The molecule has 0 unspecified atom stereocenters. The lowest BCUT2D eigenvalue weighted by Gasteiger charge is -2.07. The molecule has 0 fully saturated rings. The highest BCUT2D eigenvalue weighted by molar-refractivity contribution is 7.92. The third kappa shape index (κ3) is 6.49. The molecule has 0 saturated carbocycles. The van der Waals surface area contributed by atoms with Crippen LogP contribution >= 0.6 is 0 Å². The van der Waals surface area contributed by atoms with Gasteiger partial charge in [-0.1, -0.05) is 44.2 Å². The van der Waals surface area contributed by atoms with Crippen molar-refractivity contribution >= 4 is 22.0 Å². The lowest BCUT2D eigenvalue weighted by atomic mass is 10.2. The van der Waals surface area contributed by atoms with E-state index in [-0.39, 0.29) is 24.9 Å². The fourth-order valence-electron chi connectivity index (χ4n) is 1.36. The van der Waals surface area contributed by atoms with E-state index in [1.54, 1.807) is 13.8 Å². The molecule has 5 nitrogen and oxygen atoms in total. The zero-order valence-electron chi connectivity index (χ0n) is 11.7. The number of nitrogens with one attached hydrogen (secondary N) is 2. The molecule has 0 aromatic heterocycles. The van der Waals surface area contributed by atoms with Crippen molar-refractivity contribution in [1.82, 2.24) is 10.0 Å². The van der Waals surface area contributed by atoms with Gasteiger partial charge in [0.05, 0.1) is 0 Å². The molecule has 0 saturated heterocycles. The molecule has 110 valence electrons. The van der Waals surface area contributed by atoms with Gasteiger partial charge in [0.1, 0.15) is 0 Å². The van der Waals surface area contributed by atoms with Gasteiger partial charge in [0.2, 0.25) is 15.9 Å². The van der Waals surface area contributed by atoms with Gasteiger partial charge in [0.25, 0.3) is 0 Å². The van der Waals surface area contributed by atoms with Crippen LogP contribution in [0.25, 0.3) is 6.08 Å². The van der Waals surface area contributed by atoms with E-state index < -0.39 is 10.0 Å². The molecule has 20 heavy (non-hydrogen) atoms. The van der Waals surface area contributed by atoms with Crippen molar-refractivity contribution in [3.63, 3.8) is 0 Å². The summed E-state index contributed by atoms with van der Waals surface area (Å²) in [5.41, 5.74) is 0.811. The zero-order valence-corrected chi connectivity index (χ0v) is 12.5. The molecule has 0 heterocycles. The molecule has 0 radical (unpaired) electrons. The second-order valence-electron chi connectivity index (χ2n) is 4.60. The van der Waals surface area contributed by atoms with Crippen LogP contribution in [0.5, 0.6) is 0 Å². The maximum Gasteiger partial charge on any atom is 0.233 e. The van der Waals surface area contributed by atoms with Crippen LogP contribution in [0.15, 0.2) is 35.7 Å². The molecule has 2 N–H and O–H groups in total. The highest BCUT2D eigenvalue weighted by Gasteiger charge is 2.07. The number of amides is 1. The van der Waals surface area contributed by atoms with Crippen LogP contribution in [0.2, 0.25) is 0 Å². The van der Waals surface area contributed by atoms with Crippen LogP contribution in [-0.2, 0) is 14.8 Å². The number of carbonyl (C=O) groups excluding carboxylic acids is 1. The van der Waals surface area contributed by atoms with Crippen molar-refractivity contribution < 1.29 is 13.2 Å². The molecule has 0 aliphatic carbocycles. The Morgan fingerprint density at radius 1 is 1.20 bits per heavy atom. The summed E-state index contributed by atoms with van der Waals surface area (Å²) >= 11 is 0. The third-order valence-corrected chi connectivity index (χ3v) is 3.59. The molecular weight excluding hydrogens is 276 g/mol. The van der Waals surface area contributed by atoms with Gasteiger partial charge >= 0.3 is 0 Å². The quantitative estimate of drug-likeness (QED) is 0.746. The lowest BCUT2D eigenvalue weighted by Crippen LogP contribution is -2.35. The van der Waals surface area contributed by atoms with Crippen LogP contribution in [0.3, 0.4) is 0 Å². The summed E-state index contributed by atoms with van der Waals surface area (Å²) in [7, 11) is -3.48. The van der Waals surface area contributed by atoms with Gasteiger partial charge in [0, 0.05) is 24.4 Å². The van der Waals surface area contributed by atoms with E-state index >= 15 is 0 Å². The number of sulfonamides is 1. The molecule has 1 amide bonds. The Morgan fingerprint density at radius 3 is 2.45 bits per heavy atom. The highest BCUT2D eigenvalue weighted by Crippen LogP contribution is 2.02.